The SMILES string of the molecule is CC(C)(N)C(=O)N1CCN(C(=O)Nc2ccn(-c3ccc(CN4CC5C(CN)C5C4)cc3)c(=O)n2)CC1.Cl. The van der Waals surface area contributed by atoms with Crippen LogP contribution < -0.4 is 22.5 Å². The maximum Gasteiger partial charge on any atom is 0.354 e. The number of piperidine rings is 1. The Morgan fingerprint density at radius 2 is 1.63 bits per heavy atom. The van der Waals surface area contributed by atoms with Crippen molar-refractivity contribution in [1.29, 1.82) is 0 Å². The van der Waals surface area contributed by atoms with Crippen LogP contribution >= 0.6 is 12.4 Å². The topological polar surface area (TPSA) is 143 Å². The van der Waals surface area contributed by atoms with Crippen molar-refractivity contribution in [2.45, 2.75) is 25.9 Å². The number of amides is 3. The van der Waals surface area contributed by atoms with Crippen LogP contribution in [0.25, 0.3) is 5.69 Å². The first kappa shape index (κ1) is 28.0. The molecule has 5 rings (SSSR count). The third-order valence-electron chi connectivity index (χ3n) is 7.78. The first-order chi connectivity index (χ1) is 17.6. The molecule has 1 aliphatic carbocycles. The predicted molar refractivity (Wildman–Crippen MR) is 147 cm³/mol. The first-order valence-corrected chi connectivity index (χ1v) is 12.9. The predicted octanol–water partition coefficient (Wildman–Crippen LogP) is 0.704. The summed E-state index contributed by atoms with van der Waals surface area (Å²) in [4.78, 5) is 47.5. The monoisotopic (exact) mass is 544 g/mol. The summed E-state index contributed by atoms with van der Waals surface area (Å²) < 4.78 is 1.45. The lowest BCUT2D eigenvalue weighted by molar-refractivity contribution is -0.137. The quantitative estimate of drug-likeness (QED) is 0.486. The Balaban J connectivity index is 0.00000336. The van der Waals surface area contributed by atoms with Crippen LogP contribution in [0.5, 0.6) is 0 Å². The number of carbonyl (C=O) groups is 2. The van der Waals surface area contributed by atoms with Crippen LogP contribution in [-0.4, -0.2) is 87.5 Å². The highest BCUT2D eigenvalue weighted by Gasteiger charge is 2.54. The van der Waals surface area contributed by atoms with Gasteiger partial charge in [0, 0.05) is 52.0 Å². The fourth-order valence-electron chi connectivity index (χ4n) is 5.61. The van der Waals surface area contributed by atoms with E-state index >= 15 is 0 Å². The molecule has 38 heavy (non-hydrogen) atoms. The number of hydrogen-bond donors (Lipinski definition) is 3. The van der Waals surface area contributed by atoms with E-state index in [4.69, 9.17) is 11.5 Å². The molecule has 1 aromatic carbocycles. The molecule has 2 aliphatic heterocycles. The molecule has 3 heterocycles. The Kier molecular flexibility index (Phi) is 8.12. The Morgan fingerprint density at radius 1 is 1.03 bits per heavy atom. The van der Waals surface area contributed by atoms with Gasteiger partial charge in [-0.25, -0.2) is 9.59 Å². The third kappa shape index (κ3) is 5.85. The molecule has 0 bridgehead atoms. The zero-order chi connectivity index (χ0) is 26.3. The summed E-state index contributed by atoms with van der Waals surface area (Å²) in [6.45, 7) is 8.85. The van der Waals surface area contributed by atoms with Gasteiger partial charge in [-0.1, -0.05) is 12.1 Å². The minimum atomic E-state index is -0.943. The summed E-state index contributed by atoms with van der Waals surface area (Å²) in [5.74, 6) is 2.30. The van der Waals surface area contributed by atoms with Crippen molar-refractivity contribution in [2.75, 3.05) is 51.1 Å². The molecule has 206 valence electrons. The summed E-state index contributed by atoms with van der Waals surface area (Å²) in [6.07, 6.45) is 1.61. The maximum atomic E-state index is 12.7. The van der Waals surface area contributed by atoms with Crippen molar-refractivity contribution >= 4 is 30.2 Å². The molecule has 0 spiro atoms. The number of rotatable bonds is 6. The standard InChI is InChI=1S/C26H36N8O3.ClH/c1-26(2,28)23(35)32-9-11-33(12-10-32)24(36)29-22-7-8-34(25(37)30-22)18-5-3-17(4-6-18)14-31-15-20-19(13-27)21(20)16-31;/h3-8,19-21H,9-16,27-28H2,1-2H3,(H,29,30,36,37);1H. The molecule has 3 amide bonds. The van der Waals surface area contributed by atoms with Crippen LogP contribution in [0.2, 0.25) is 0 Å². The van der Waals surface area contributed by atoms with Crippen molar-refractivity contribution in [1.82, 2.24) is 24.3 Å². The molecule has 2 atom stereocenters. The van der Waals surface area contributed by atoms with Gasteiger partial charge < -0.3 is 21.3 Å². The van der Waals surface area contributed by atoms with Gasteiger partial charge in [0.1, 0.15) is 5.82 Å². The number of aromatic nitrogens is 2. The van der Waals surface area contributed by atoms with Gasteiger partial charge >= 0.3 is 11.7 Å². The molecule has 11 nitrogen and oxygen atoms in total. The van der Waals surface area contributed by atoms with Gasteiger partial charge in [-0.15, -0.1) is 12.4 Å². The summed E-state index contributed by atoms with van der Waals surface area (Å²) in [7, 11) is 0. The van der Waals surface area contributed by atoms with Crippen LogP contribution in [0.4, 0.5) is 10.6 Å². The highest BCUT2D eigenvalue weighted by Crippen LogP contribution is 2.51. The Labute approximate surface area is 228 Å². The maximum absolute atomic E-state index is 12.7. The van der Waals surface area contributed by atoms with E-state index in [-0.39, 0.29) is 30.2 Å². The van der Waals surface area contributed by atoms with Gasteiger partial charge in [0.25, 0.3) is 0 Å². The number of urea groups is 1. The highest BCUT2D eigenvalue weighted by molar-refractivity contribution is 5.89. The number of hydrogen-bond acceptors (Lipinski definition) is 7. The van der Waals surface area contributed by atoms with Crippen LogP contribution in [0.3, 0.4) is 0 Å². The zero-order valence-corrected chi connectivity index (χ0v) is 22.7. The molecule has 2 saturated heterocycles. The van der Waals surface area contributed by atoms with Crippen molar-refractivity contribution < 1.29 is 9.59 Å². The number of anilines is 1. The van der Waals surface area contributed by atoms with Gasteiger partial charge in [-0.05, 0) is 61.9 Å². The smallest absolute Gasteiger partial charge is 0.338 e. The molecular weight excluding hydrogens is 508 g/mol. The zero-order valence-electron chi connectivity index (χ0n) is 21.9. The molecule has 1 aromatic heterocycles. The van der Waals surface area contributed by atoms with E-state index in [1.807, 2.05) is 24.3 Å². The molecule has 2 aromatic rings. The van der Waals surface area contributed by atoms with Crippen LogP contribution in [0.15, 0.2) is 41.3 Å². The molecule has 2 unspecified atom stereocenters. The number of likely N-dealkylation sites (tertiary alicyclic amines) is 1. The van der Waals surface area contributed by atoms with Crippen LogP contribution in [0.1, 0.15) is 19.4 Å². The molecule has 3 aliphatic rings. The van der Waals surface area contributed by atoms with Gasteiger partial charge in [0.05, 0.1) is 11.2 Å². The van der Waals surface area contributed by atoms with Gasteiger partial charge in [0.2, 0.25) is 5.91 Å². The van der Waals surface area contributed by atoms with Crippen LogP contribution in [-0.2, 0) is 11.3 Å². The summed E-state index contributed by atoms with van der Waals surface area (Å²) in [5.41, 5.74) is 12.2. The number of nitrogens with two attached hydrogens (primary N) is 2. The molecular formula is C26H37ClN8O3. The number of fused-ring (bicyclic) bond motifs is 1. The minimum Gasteiger partial charge on any atom is -0.338 e. The van der Waals surface area contributed by atoms with E-state index < -0.39 is 11.2 Å². The highest BCUT2D eigenvalue weighted by atomic mass is 35.5. The lowest BCUT2D eigenvalue weighted by atomic mass is 10.1. The number of halogens is 1. The third-order valence-corrected chi connectivity index (χ3v) is 7.78. The summed E-state index contributed by atoms with van der Waals surface area (Å²) in [5, 5.41) is 2.69. The number of piperazine rings is 1. The van der Waals surface area contributed by atoms with Gasteiger partial charge in [-0.3, -0.25) is 19.6 Å². The van der Waals surface area contributed by atoms with Gasteiger partial charge in [-0.2, -0.15) is 4.98 Å². The molecule has 5 N–H and O–H groups in total. The molecule has 0 radical (unpaired) electrons. The Hall–Kier alpha value is -2.99. The molecule has 3 fully saturated rings. The van der Waals surface area contributed by atoms with Crippen molar-refractivity contribution in [3.05, 3.63) is 52.6 Å². The number of benzene rings is 1. The second-order valence-electron chi connectivity index (χ2n) is 11.0. The van der Waals surface area contributed by atoms with E-state index in [9.17, 15) is 14.4 Å². The van der Waals surface area contributed by atoms with E-state index in [2.05, 4.69) is 15.2 Å². The molecule has 1 saturated carbocycles. The van der Waals surface area contributed by atoms with E-state index in [0.717, 1.165) is 49.6 Å². The second kappa shape index (κ2) is 11.0. The van der Waals surface area contributed by atoms with E-state index in [1.54, 1.807) is 35.9 Å². The normalized spacial score (nSPS) is 23.0. The largest absolute Gasteiger partial charge is 0.354 e. The minimum absolute atomic E-state index is 0. The first-order valence-electron chi connectivity index (χ1n) is 12.9. The second-order valence-corrected chi connectivity index (χ2v) is 11.0. The number of nitrogens with zero attached hydrogens (tertiary/aromatic N) is 5. The van der Waals surface area contributed by atoms with Crippen molar-refractivity contribution in [3.63, 3.8) is 0 Å². The average molecular weight is 545 g/mol. The van der Waals surface area contributed by atoms with Crippen molar-refractivity contribution in [2.24, 2.45) is 29.2 Å². The number of carbonyl (C=O) groups excluding carboxylic acids is 2. The van der Waals surface area contributed by atoms with E-state index in [1.165, 1.54) is 10.1 Å². The fraction of sp³-hybridized carbons (Fsp3) is 0.538. The van der Waals surface area contributed by atoms with Gasteiger partial charge in [0.15, 0.2) is 0 Å². The average Bonchev–Trinajstić information content (AvgIpc) is 3.36. The fourth-order valence-corrected chi connectivity index (χ4v) is 5.61. The summed E-state index contributed by atoms with van der Waals surface area (Å²) >= 11 is 0. The lowest BCUT2D eigenvalue weighted by Gasteiger charge is -2.37. The number of nitrogens with one attached hydrogen (secondary N) is 1. The Morgan fingerprint density at radius 3 is 2.18 bits per heavy atom. The Bertz CT molecular complexity index is 1210. The lowest BCUT2D eigenvalue weighted by Crippen LogP contribution is -2.58. The molecule has 12 heteroatoms. The van der Waals surface area contributed by atoms with E-state index in [0.29, 0.717) is 26.2 Å². The summed E-state index contributed by atoms with van der Waals surface area (Å²) in [6, 6.07) is 9.16. The van der Waals surface area contributed by atoms with Crippen LogP contribution in [0, 0.1) is 17.8 Å². The van der Waals surface area contributed by atoms with Crippen molar-refractivity contribution in [3.8, 4) is 5.69 Å².